The zero-order valence-corrected chi connectivity index (χ0v) is 20.0. The van der Waals surface area contributed by atoms with Crippen molar-refractivity contribution in [2.75, 3.05) is 18.9 Å². The molecule has 0 unspecified atom stereocenters. The highest BCUT2D eigenvalue weighted by molar-refractivity contribution is 5.60. The first kappa shape index (κ1) is 25.1. The van der Waals surface area contributed by atoms with Crippen LogP contribution < -0.4 is 15.2 Å². The number of rotatable bonds is 17. The molecule has 31 heavy (non-hydrogen) atoms. The van der Waals surface area contributed by atoms with E-state index in [-0.39, 0.29) is 0 Å². The number of hydrogen-bond donors (Lipinski definition) is 1. The summed E-state index contributed by atoms with van der Waals surface area (Å²) in [5, 5.41) is 4.59. The van der Waals surface area contributed by atoms with Crippen molar-refractivity contribution in [1.82, 2.24) is 9.78 Å². The molecule has 0 aliphatic heterocycles. The van der Waals surface area contributed by atoms with Crippen LogP contribution in [0.2, 0.25) is 0 Å². The van der Waals surface area contributed by atoms with E-state index in [1.807, 2.05) is 31.2 Å². The van der Waals surface area contributed by atoms with Gasteiger partial charge in [-0.25, -0.2) is 4.68 Å². The molecule has 5 heteroatoms. The van der Waals surface area contributed by atoms with Crippen LogP contribution in [0.3, 0.4) is 0 Å². The minimum Gasteiger partial charge on any atom is -0.491 e. The summed E-state index contributed by atoms with van der Waals surface area (Å²) < 4.78 is 14.1. The van der Waals surface area contributed by atoms with Gasteiger partial charge in [0.15, 0.2) is 5.69 Å². The second-order valence-electron chi connectivity index (χ2n) is 8.46. The van der Waals surface area contributed by atoms with Crippen LogP contribution in [0.15, 0.2) is 24.3 Å². The third-order valence-corrected chi connectivity index (χ3v) is 5.54. The molecule has 0 radical (unpaired) electrons. The molecule has 0 atom stereocenters. The molecule has 2 N–H and O–H groups in total. The minimum atomic E-state index is 0.595. The Kier molecular flexibility index (Phi) is 12.0. The van der Waals surface area contributed by atoms with Crippen molar-refractivity contribution in [3.8, 4) is 17.2 Å². The molecule has 2 rings (SSSR count). The number of unbranched alkanes of at least 4 members (excludes halogenated alkanes) is 10. The zero-order chi connectivity index (χ0) is 22.3. The number of aromatic nitrogens is 2. The Bertz CT molecular complexity index is 706. The Morgan fingerprint density at radius 2 is 1.26 bits per heavy atom. The summed E-state index contributed by atoms with van der Waals surface area (Å²) in [6.07, 6.45) is 14.9. The highest BCUT2D eigenvalue weighted by Gasteiger charge is 2.17. The van der Waals surface area contributed by atoms with E-state index in [0.29, 0.717) is 19.0 Å². The maximum Gasteiger partial charge on any atom is 0.151 e. The molecule has 1 heterocycles. The molecule has 0 saturated heterocycles. The number of aryl methyl sites for hydroxylation is 1. The normalized spacial score (nSPS) is 11.1. The van der Waals surface area contributed by atoms with E-state index in [1.165, 1.54) is 64.2 Å². The number of benzene rings is 1. The van der Waals surface area contributed by atoms with Gasteiger partial charge in [0.1, 0.15) is 17.3 Å². The van der Waals surface area contributed by atoms with Crippen LogP contribution >= 0.6 is 0 Å². The van der Waals surface area contributed by atoms with Gasteiger partial charge < -0.3 is 15.2 Å². The predicted octanol–water partition coefficient (Wildman–Crippen LogP) is 7.24. The quantitative estimate of drug-likeness (QED) is 0.269. The first-order chi connectivity index (χ1) is 15.2. The minimum absolute atomic E-state index is 0.595. The third kappa shape index (κ3) is 8.84. The first-order valence-corrected chi connectivity index (χ1v) is 12.4. The Labute approximate surface area is 189 Å². The lowest BCUT2D eigenvalue weighted by Gasteiger charge is -2.17. The van der Waals surface area contributed by atoms with E-state index in [0.717, 1.165) is 35.7 Å². The van der Waals surface area contributed by atoms with E-state index < -0.39 is 0 Å². The Morgan fingerprint density at radius 3 is 1.71 bits per heavy atom. The van der Waals surface area contributed by atoms with Crippen LogP contribution in [0.1, 0.15) is 96.6 Å². The fraction of sp³-hybridized carbons (Fsp3) is 0.654. The lowest BCUT2D eigenvalue weighted by atomic mass is 10.1. The molecule has 0 spiro atoms. The van der Waals surface area contributed by atoms with Crippen molar-refractivity contribution in [3.05, 3.63) is 30.0 Å². The van der Waals surface area contributed by atoms with Crippen LogP contribution in [0.4, 0.5) is 5.82 Å². The summed E-state index contributed by atoms with van der Waals surface area (Å²) in [5.41, 5.74) is 7.94. The van der Waals surface area contributed by atoms with Gasteiger partial charge in [0.25, 0.3) is 0 Å². The van der Waals surface area contributed by atoms with E-state index >= 15 is 0 Å². The average Bonchev–Trinajstić information content (AvgIpc) is 3.10. The van der Waals surface area contributed by atoms with E-state index in [2.05, 4.69) is 18.9 Å². The van der Waals surface area contributed by atoms with E-state index in [1.54, 1.807) is 4.68 Å². The van der Waals surface area contributed by atoms with Gasteiger partial charge in [-0.1, -0.05) is 84.1 Å². The average molecular weight is 430 g/mol. The summed E-state index contributed by atoms with van der Waals surface area (Å²) >= 11 is 0. The molecule has 174 valence electrons. The van der Waals surface area contributed by atoms with Gasteiger partial charge in [0.2, 0.25) is 0 Å². The summed E-state index contributed by atoms with van der Waals surface area (Å²) in [4.78, 5) is 0. The molecule has 0 saturated carbocycles. The predicted molar refractivity (Wildman–Crippen MR) is 130 cm³/mol. The molecular formula is C26H43N3O2. The summed E-state index contributed by atoms with van der Waals surface area (Å²) in [5.74, 6) is 2.16. The molecule has 0 amide bonds. The molecule has 0 bridgehead atoms. The summed E-state index contributed by atoms with van der Waals surface area (Å²) in [7, 11) is 0. The molecule has 5 nitrogen and oxygen atoms in total. The molecule has 2 aromatic rings. The van der Waals surface area contributed by atoms with Gasteiger partial charge in [0, 0.05) is 6.07 Å². The molecular weight excluding hydrogens is 386 g/mol. The van der Waals surface area contributed by atoms with Gasteiger partial charge in [-0.05, 0) is 31.9 Å². The molecule has 0 fully saturated rings. The number of nitrogen functional groups attached to an aromatic ring is 1. The number of nitrogens with zero attached hydrogens (tertiary/aromatic N) is 2. The highest BCUT2D eigenvalue weighted by Crippen LogP contribution is 2.34. The molecule has 1 aromatic heterocycles. The first-order valence-electron chi connectivity index (χ1n) is 12.4. The second kappa shape index (κ2) is 14.8. The molecule has 0 aliphatic rings. The number of anilines is 1. The number of hydrogen-bond acceptors (Lipinski definition) is 4. The second-order valence-corrected chi connectivity index (χ2v) is 8.46. The van der Waals surface area contributed by atoms with E-state index in [4.69, 9.17) is 15.2 Å². The standard InChI is InChI=1S/C26H43N3O2/c1-4-6-8-10-12-14-19-30-23-17-16-18-24(31-20-15-13-11-9-7-5-2)26(23)29-25(27)21-22(3)28-29/h16-18,21H,4-15,19-20,27H2,1-3H3. The third-order valence-electron chi connectivity index (χ3n) is 5.54. The van der Waals surface area contributed by atoms with Gasteiger partial charge >= 0.3 is 0 Å². The van der Waals surface area contributed by atoms with Crippen molar-refractivity contribution in [1.29, 1.82) is 0 Å². The van der Waals surface area contributed by atoms with Crippen molar-refractivity contribution in [3.63, 3.8) is 0 Å². The van der Waals surface area contributed by atoms with Crippen molar-refractivity contribution in [2.24, 2.45) is 0 Å². The monoisotopic (exact) mass is 429 g/mol. The van der Waals surface area contributed by atoms with Crippen LogP contribution in [-0.2, 0) is 0 Å². The Hall–Kier alpha value is -2.17. The number of ether oxygens (including phenoxy) is 2. The summed E-state index contributed by atoms with van der Waals surface area (Å²) in [6, 6.07) is 7.84. The number of para-hydroxylation sites is 1. The van der Waals surface area contributed by atoms with Gasteiger partial charge in [0.05, 0.1) is 18.9 Å². The van der Waals surface area contributed by atoms with Gasteiger partial charge in [-0.3, -0.25) is 0 Å². The zero-order valence-electron chi connectivity index (χ0n) is 20.0. The van der Waals surface area contributed by atoms with E-state index in [9.17, 15) is 0 Å². The van der Waals surface area contributed by atoms with Crippen molar-refractivity contribution >= 4 is 5.82 Å². The van der Waals surface area contributed by atoms with Crippen LogP contribution in [0, 0.1) is 6.92 Å². The fourth-order valence-electron chi connectivity index (χ4n) is 3.77. The summed E-state index contributed by atoms with van der Waals surface area (Å²) in [6.45, 7) is 7.83. The lowest BCUT2D eigenvalue weighted by molar-refractivity contribution is 0.287. The van der Waals surface area contributed by atoms with Crippen LogP contribution in [-0.4, -0.2) is 23.0 Å². The van der Waals surface area contributed by atoms with Crippen molar-refractivity contribution < 1.29 is 9.47 Å². The van der Waals surface area contributed by atoms with Crippen LogP contribution in [0.25, 0.3) is 5.69 Å². The molecule has 0 aliphatic carbocycles. The van der Waals surface area contributed by atoms with Gasteiger partial charge in [-0.15, -0.1) is 0 Å². The van der Waals surface area contributed by atoms with Gasteiger partial charge in [-0.2, -0.15) is 5.10 Å². The maximum absolute atomic E-state index is 6.25. The van der Waals surface area contributed by atoms with Crippen LogP contribution in [0.5, 0.6) is 11.5 Å². The SMILES string of the molecule is CCCCCCCCOc1cccc(OCCCCCCCC)c1-n1nc(C)cc1N. The smallest absolute Gasteiger partial charge is 0.151 e. The maximum atomic E-state index is 6.25. The lowest BCUT2D eigenvalue weighted by Crippen LogP contribution is -2.09. The van der Waals surface area contributed by atoms with Crippen molar-refractivity contribution in [2.45, 2.75) is 97.8 Å². The highest BCUT2D eigenvalue weighted by atomic mass is 16.5. The topological polar surface area (TPSA) is 62.3 Å². The Balaban J connectivity index is 2.00. The Morgan fingerprint density at radius 1 is 0.774 bits per heavy atom. The fourth-order valence-corrected chi connectivity index (χ4v) is 3.77. The largest absolute Gasteiger partial charge is 0.491 e. The molecule has 1 aromatic carbocycles. The number of nitrogens with two attached hydrogens (primary N) is 1.